The van der Waals surface area contributed by atoms with Gasteiger partial charge in [0.05, 0.1) is 0 Å². The van der Waals surface area contributed by atoms with Crippen LogP contribution in [0.1, 0.15) is 24.8 Å². The Balaban J connectivity index is 1.56. The molecule has 1 N–H and O–H groups in total. The summed E-state index contributed by atoms with van der Waals surface area (Å²) in [6.07, 6.45) is 5.26. The van der Waals surface area contributed by atoms with Crippen molar-refractivity contribution in [2.45, 2.75) is 25.7 Å². The molecule has 0 spiro atoms. The van der Waals surface area contributed by atoms with E-state index in [-0.39, 0.29) is 0 Å². The first-order chi connectivity index (χ1) is 8.88. The van der Waals surface area contributed by atoms with Gasteiger partial charge in [-0.3, -0.25) is 0 Å². The molecule has 1 saturated heterocycles. The van der Waals surface area contributed by atoms with Crippen molar-refractivity contribution in [1.29, 1.82) is 0 Å². The monoisotopic (exact) mass is 246 g/mol. The lowest BCUT2D eigenvalue weighted by Crippen LogP contribution is -2.25. The van der Waals surface area contributed by atoms with Crippen LogP contribution in [0.5, 0.6) is 0 Å². The summed E-state index contributed by atoms with van der Waals surface area (Å²) < 4.78 is 0. The maximum atomic E-state index is 3.29. The van der Waals surface area contributed by atoms with E-state index in [1.54, 1.807) is 0 Å². The molecule has 0 radical (unpaired) electrons. The lowest BCUT2D eigenvalue weighted by Gasteiger charge is -2.15. The highest BCUT2D eigenvalue weighted by atomic mass is 15.1. The topological polar surface area (TPSA) is 15.3 Å². The zero-order chi connectivity index (χ0) is 12.6. The minimum absolute atomic E-state index is 0.879. The van der Waals surface area contributed by atoms with Gasteiger partial charge < -0.3 is 10.2 Å². The molecule has 0 aromatic heterocycles. The summed E-state index contributed by atoms with van der Waals surface area (Å²) >= 11 is 0. The lowest BCUT2D eigenvalue weighted by atomic mass is 10.1. The van der Waals surface area contributed by atoms with E-state index in [1.807, 2.05) is 0 Å². The fraction of sp³-hybridized carbons (Fsp3) is 0.625. The Morgan fingerprint density at radius 1 is 1.22 bits per heavy atom. The van der Waals surface area contributed by atoms with Gasteiger partial charge in [0.2, 0.25) is 0 Å². The van der Waals surface area contributed by atoms with Gasteiger partial charge >= 0.3 is 0 Å². The van der Waals surface area contributed by atoms with Crippen LogP contribution in [0, 0.1) is 5.92 Å². The normalized spacial score (nSPS) is 20.4. The third kappa shape index (κ3) is 4.43. The number of likely N-dealkylation sites (tertiary alicyclic amines) is 1. The molecule has 1 aliphatic rings. The zero-order valence-corrected chi connectivity index (χ0v) is 11.6. The average molecular weight is 246 g/mol. The van der Waals surface area contributed by atoms with Crippen molar-refractivity contribution >= 4 is 0 Å². The molecule has 0 saturated carbocycles. The summed E-state index contributed by atoms with van der Waals surface area (Å²) in [6.45, 7) is 5.07. The van der Waals surface area contributed by atoms with E-state index in [0.29, 0.717) is 0 Å². The first-order valence-corrected chi connectivity index (χ1v) is 7.29. The fourth-order valence-electron chi connectivity index (χ4n) is 2.88. The number of benzene rings is 1. The van der Waals surface area contributed by atoms with E-state index in [9.17, 15) is 0 Å². The number of aryl methyl sites for hydroxylation is 1. The summed E-state index contributed by atoms with van der Waals surface area (Å²) in [5, 5.41) is 3.29. The van der Waals surface area contributed by atoms with Gasteiger partial charge in [-0.1, -0.05) is 30.3 Å². The summed E-state index contributed by atoms with van der Waals surface area (Å²) in [5.74, 6) is 0.879. The first kappa shape index (κ1) is 13.6. The molecule has 0 aliphatic carbocycles. The van der Waals surface area contributed by atoms with Gasteiger partial charge in [-0.15, -0.1) is 0 Å². The number of hydrogen-bond donors (Lipinski definition) is 1. The minimum atomic E-state index is 0.879. The Bertz CT molecular complexity index is 323. The van der Waals surface area contributed by atoms with Gasteiger partial charge in [0.1, 0.15) is 0 Å². The highest BCUT2D eigenvalue weighted by Gasteiger charge is 2.20. The van der Waals surface area contributed by atoms with E-state index >= 15 is 0 Å². The molecule has 2 nitrogen and oxygen atoms in total. The molecule has 1 unspecified atom stereocenters. The molecule has 1 fully saturated rings. The molecule has 0 bridgehead atoms. The molecule has 2 heteroatoms. The standard InChI is InChI=1S/C16H26N2/c1-17-13-16-10-12-18(14-16)11-6-5-9-15-7-3-2-4-8-15/h2-4,7-8,16-17H,5-6,9-14H2,1H3. The van der Waals surface area contributed by atoms with Crippen LogP contribution < -0.4 is 5.32 Å². The van der Waals surface area contributed by atoms with Gasteiger partial charge in [0, 0.05) is 6.54 Å². The Labute approximate surface area is 111 Å². The number of hydrogen-bond acceptors (Lipinski definition) is 2. The first-order valence-electron chi connectivity index (χ1n) is 7.29. The predicted octanol–water partition coefficient (Wildman–Crippen LogP) is 2.55. The third-order valence-electron chi connectivity index (χ3n) is 3.90. The maximum Gasteiger partial charge on any atom is 0.00223 e. The molecular formula is C16H26N2. The Morgan fingerprint density at radius 2 is 2.06 bits per heavy atom. The van der Waals surface area contributed by atoms with Crippen LogP contribution in [0.4, 0.5) is 0 Å². The van der Waals surface area contributed by atoms with Crippen molar-refractivity contribution in [2.75, 3.05) is 33.2 Å². The summed E-state index contributed by atoms with van der Waals surface area (Å²) in [4.78, 5) is 2.63. The van der Waals surface area contributed by atoms with E-state index in [0.717, 1.165) is 5.92 Å². The molecule has 1 atom stereocenters. The number of unbranched alkanes of at least 4 members (excludes halogenated alkanes) is 1. The van der Waals surface area contributed by atoms with Crippen molar-refractivity contribution in [3.05, 3.63) is 35.9 Å². The molecule has 18 heavy (non-hydrogen) atoms. The van der Waals surface area contributed by atoms with Crippen molar-refractivity contribution in [2.24, 2.45) is 5.92 Å². The van der Waals surface area contributed by atoms with Crippen LogP contribution >= 0.6 is 0 Å². The van der Waals surface area contributed by atoms with Crippen LogP contribution in [0.2, 0.25) is 0 Å². The van der Waals surface area contributed by atoms with Crippen molar-refractivity contribution in [3.63, 3.8) is 0 Å². The van der Waals surface area contributed by atoms with Crippen LogP contribution in [-0.4, -0.2) is 38.1 Å². The molecule has 1 aliphatic heterocycles. The second-order valence-corrected chi connectivity index (χ2v) is 5.46. The molecule has 2 rings (SSSR count). The van der Waals surface area contributed by atoms with Crippen LogP contribution in [0.25, 0.3) is 0 Å². The summed E-state index contributed by atoms with van der Waals surface area (Å²) in [5.41, 5.74) is 1.48. The second-order valence-electron chi connectivity index (χ2n) is 5.46. The van der Waals surface area contributed by atoms with Gasteiger partial charge in [-0.2, -0.15) is 0 Å². The number of nitrogens with zero attached hydrogens (tertiary/aromatic N) is 1. The number of rotatable bonds is 7. The maximum absolute atomic E-state index is 3.29. The molecule has 100 valence electrons. The highest BCUT2D eigenvalue weighted by Crippen LogP contribution is 2.16. The zero-order valence-electron chi connectivity index (χ0n) is 11.6. The Morgan fingerprint density at radius 3 is 2.83 bits per heavy atom. The average Bonchev–Trinajstić information content (AvgIpc) is 2.84. The quantitative estimate of drug-likeness (QED) is 0.744. The Kier molecular flexibility index (Phi) is 5.69. The SMILES string of the molecule is CNCC1CCN(CCCCc2ccccc2)C1. The third-order valence-corrected chi connectivity index (χ3v) is 3.90. The molecule has 1 heterocycles. The van der Waals surface area contributed by atoms with Crippen LogP contribution in [0.3, 0.4) is 0 Å². The Hall–Kier alpha value is -0.860. The van der Waals surface area contributed by atoms with Gasteiger partial charge in [0.25, 0.3) is 0 Å². The van der Waals surface area contributed by atoms with Crippen molar-refractivity contribution in [3.8, 4) is 0 Å². The van der Waals surface area contributed by atoms with E-state index in [4.69, 9.17) is 0 Å². The molecule has 0 amide bonds. The fourth-order valence-corrected chi connectivity index (χ4v) is 2.88. The van der Waals surface area contributed by atoms with Gasteiger partial charge in [-0.25, -0.2) is 0 Å². The van der Waals surface area contributed by atoms with Crippen molar-refractivity contribution in [1.82, 2.24) is 10.2 Å². The van der Waals surface area contributed by atoms with Crippen molar-refractivity contribution < 1.29 is 0 Å². The lowest BCUT2D eigenvalue weighted by molar-refractivity contribution is 0.315. The summed E-state index contributed by atoms with van der Waals surface area (Å²) in [7, 11) is 2.06. The highest BCUT2D eigenvalue weighted by molar-refractivity contribution is 5.14. The van der Waals surface area contributed by atoms with Gasteiger partial charge in [0.15, 0.2) is 0 Å². The van der Waals surface area contributed by atoms with E-state index < -0.39 is 0 Å². The number of nitrogens with one attached hydrogen (secondary N) is 1. The minimum Gasteiger partial charge on any atom is -0.319 e. The van der Waals surface area contributed by atoms with Crippen LogP contribution in [-0.2, 0) is 6.42 Å². The van der Waals surface area contributed by atoms with Crippen LogP contribution in [0.15, 0.2) is 30.3 Å². The van der Waals surface area contributed by atoms with E-state index in [2.05, 4.69) is 47.6 Å². The van der Waals surface area contributed by atoms with Gasteiger partial charge in [-0.05, 0) is 63.8 Å². The molecular weight excluding hydrogens is 220 g/mol. The van der Waals surface area contributed by atoms with E-state index in [1.165, 1.54) is 57.4 Å². The smallest absolute Gasteiger partial charge is 0.00223 e. The molecule has 1 aromatic rings. The largest absolute Gasteiger partial charge is 0.319 e. The predicted molar refractivity (Wildman–Crippen MR) is 77.9 cm³/mol. The molecule has 1 aromatic carbocycles. The summed E-state index contributed by atoms with van der Waals surface area (Å²) in [6, 6.07) is 10.8. The second kappa shape index (κ2) is 7.55.